The third-order valence-corrected chi connectivity index (χ3v) is 8.36. The summed E-state index contributed by atoms with van der Waals surface area (Å²) in [6, 6.07) is 1.98. The Morgan fingerprint density at radius 2 is 1.75 bits per heavy atom. The standard InChI is InChI=1S/C24H27ClN2O5/c1-12(24-9-14-3-15(10-24)5-16(4-14)11-24)27-22(30)17(21(29)26-23(27)31)6-13-7-18(25)20(28)19(8-13)32-2/h6-8,12,14-16,28H,3-5,9-11H2,1-2H3,(H,26,29,31)/b17-6+/t12-,14?,15?,16?,24?/m0/s1. The van der Waals surface area contributed by atoms with Crippen molar-refractivity contribution >= 4 is 35.5 Å². The van der Waals surface area contributed by atoms with Crippen LogP contribution in [0.5, 0.6) is 11.5 Å². The number of barbiturate groups is 1. The molecule has 8 heteroatoms. The number of hydrogen-bond acceptors (Lipinski definition) is 5. The minimum Gasteiger partial charge on any atom is -0.503 e. The Bertz CT molecular complexity index is 1010. The van der Waals surface area contributed by atoms with E-state index >= 15 is 0 Å². The lowest BCUT2D eigenvalue weighted by Gasteiger charge is -2.60. The fourth-order valence-electron chi connectivity index (χ4n) is 6.99. The SMILES string of the molecule is COc1cc(/C=C2\C(=O)NC(=O)N([C@@H](C)C34CC5CC(CC(C5)C3)C4)C2=O)cc(Cl)c1O. The number of halogens is 1. The number of imide groups is 2. The number of carbonyl (C=O) groups excluding carboxylic acids is 3. The van der Waals surface area contributed by atoms with Gasteiger partial charge in [-0.05, 0) is 92.4 Å². The van der Waals surface area contributed by atoms with Gasteiger partial charge in [-0.1, -0.05) is 11.6 Å². The molecule has 4 aliphatic carbocycles. The van der Waals surface area contributed by atoms with Gasteiger partial charge in [0.05, 0.1) is 12.1 Å². The molecule has 1 aromatic rings. The average molecular weight is 459 g/mol. The van der Waals surface area contributed by atoms with Gasteiger partial charge in [0.25, 0.3) is 11.8 Å². The molecular formula is C24H27ClN2O5. The normalized spacial score (nSPS) is 33.6. The van der Waals surface area contributed by atoms with Crippen molar-refractivity contribution < 1.29 is 24.2 Å². The van der Waals surface area contributed by atoms with Gasteiger partial charge in [-0.25, -0.2) is 4.79 Å². The van der Waals surface area contributed by atoms with Gasteiger partial charge in [0, 0.05) is 6.04 Å². The topological polar surface area (TPSA) is 95.9 Å². The van der Waals surface area contributed by atoms with Crippen LogP contribution in [0.4, 0.5) is 4.79 Å². The van der Waals surface area contributed by atoms with Crippen LogP contribution in [0.3, 0.4) is 0 Å². The van der Waals surface area contributed by atoms with Gasteiger partial charge in [0.2, 0.25) is 0 Å². The first-order valence-electron chi connectivity index (χ1n) is 11.2. The first-order valence-corrected chi connectivity index (χ1v) is 11.6. The zero-order valence-electron chi connectivity index (χ0n) is 18.2. The van der Waals surface area contributed by atoms with Crippen LogP contribution < -0.4 is 10.1 Å². The monoisotopic (exact) mass is 458 g/mol. The number of phenols is 1. The number of rotatable bonds is 4. The molecule has 0 radical (unpaired) electrons. The van der Waals surface area contributed by atoms with Gasteiger partial charge in [0.1, 0.15) is 5.57 Å². The number of methoxy groups -OCH3 is 1. The third kappa shape index (κ3) is 3.29. The zero-order valence-corrected chi connectivity index (χ0v) is 18.9. The molecule has 6 rings (SSSR count). The van der Waals surface area contributed by atoms with Gasteiger partial charge in [-0.3, -0.25) is 19.8 Å². The van der Waals surface area contributed by atoms with E-state index in [1.807, 2.05) is 6.92 Å². The summed E-state index contributed by atoms with van der Waals surface area (Å²) in [6.45, 7) is 1.96. The highest BCUT2D eigenvalue weighted by molar-refractivity contribution is 6.33. The lowest BCUT2D eigenvalue weighted by Crippen LogP contribution is -2.63. The number of hydrogen-bond donors (Lipinski definition) is 2. The van der Waals surface area contributed by atoms with E-state index in [2.05, 4.69) is 5.32 Å². The average Bonchev–Trinajstić information content (AvgIpc) is 2.72. The highest BCUT2D eigenvalue weighted by Crippen LogP contribution is 2.62. The quantitative estimate of drug-likeness (QED) is 0.522. The Morgan fingerprint density at radius 1 is 1.16 bits per heavy atom. The van der Waals surface area contributed by atoms with E-state index in [-0.39, 0.29) is 33.6 Å². The van der Waals surface area contributed by atoms with Crippen LogP contribution in [0.2, 0.25) is 5.02 Å². The molecule has 2 N–H and O–H groups in total. The van der Waals surface area contributed by atoms with Crippen molar-refractivity contribution in [1.29, 1.82) is 0 Å². The second kappa shape index (κ2) is 7.51. The molecule has 0 spiro atoms. The number of phenolic OH excluding ortho intramolecular Hbond substituents is 1. The summed E-state index contributed by atoms with van der Waals surface area (Å²) >= 11 is 6.06. The molecule has 170 valence electrons. The predicted molar refractivity (Wildman–Crippen MR) is 118 cm³/mol. The highest BCUT2D eigenvalue weighted by Gasteiger charge is 2.56. The first-order chi connectivity index (χ1) is 15.2. The van der Waals surface area contributed by atoms with Crippen LogP contribution >= 0.6 is 11.6 Å². The van der Waals surface area contributed by atoms with E-state index in [0.717, 1.165) is 19.3 Å². The minimum absolute atomic E-state index is 0.0368. The van der Waals surface area contributed by atoms with Crippen LogP contribution in [-0.4, -0.2) is 41.0 Å². The number of amides is 4. The molecule has 32 heavy (non-hydrogen) atoms. The number of nitrogens with one attached hydrogen (secondary N) is 1. The predicted octanol–water partition coefficient (Wildman–Crippen LogP) is 4.12. The van der Waals surface area contributed by atoms with Crippen molar-refractivity contribution in [1.82, 2.24) is 10.2 Å². The summed E-state index contributed by atoms with van der Waals surface area (Å²) in [5.41, 5.74) is 0.211. The van der Waals surface area contributed by atoms with Crippen molar-refractivity contribution in [2.24, 2.45) is 23.2 Å². The van der Waals surface area contributed by atoms with Gasteiger partial charge in [0.15, 0.2) is 11.5 Å². The fourth-order valence-corrected chi connectivity index (χ4v) is 7.20. The number of nitrogens with zero attached hydrogens (tertiary/aromatic N) is 1. The summed E-state index contributed by atoms with van der Waals surface area (Å²) < 4.78 is 5.11. The molecular weight excluding hydrogens is 432 g/mol. The minimum atomic E-state index is -0.739. The highest BCUT2D eigenvalue weighted by atomic mass is 35.5. The molecule has 4 saturated carbocycles. The third-order valence-electron chi connectivity index (χ3n) is 8.07. The largest absolute Gasteiger partial charge is 0.503 e. The van der Waals surface area contributed by atoms with Crippen molar-refractivity contribution in [3.63, 3.8) is 0 Å². The maximum absolute atomic E-state index is 13.5. The Hall–Kier alpha value is -2.54. The summed E-state index contributed by atoms with van der Waals surface area (Å²) in [4.78, 5) is 40.1. The Balaban J connectivity index is 1.48. The van der Waals surface area contributed by atoms with Gasteiger partial charge in [-0.15, -0.1) is 0 Å². The van der Waals surface area contributed by atoms with E-state index in [9.17, 15) is 19.5 Å². The Kier molecular flexibility index (Phi) is 5.00. The Morgan fingerprint density at radius 3 is 2.31 bits per heavy atom. The lowest BCUT2D eigenvalue weighted by atomic mass is 9.47. The zero-order chi connectivity index (χ0) is 22.8. The molecule has 5 fully saturated rings. The van der Waals surface area contributed by atoms with Crippen LogP contribution in [0.1, 0.15) is 51.0 Å². The number of benzene rings is 1. The molecule has 5 aliphatic rings. The lowest BCUT2D eigenvalue weighted by molar-refractivity contribution is -0.139. The molecule has 1 saturated heterocycles. The second-order valence-electron chi connectivity index (χ2n) is 10.0. The van der Waals surface area contributed by atoms with E-state index in [4.69, 9.17) is 16.3 Å². The molecule has 7 nitrogen and oxygen atoms in total. The van der Waals surface area contributed by atoms with Crippen LogP contribution in [0.25, 0.3) is 6.08 Å². The summed E-state index contributed by atoms with van der Waals surface area (Å²) in [5.74, 6) is 0.604. The molecule has 4 amide bonds. The summed E-state index contributed by atoms with van der Waals surface area (Å²) in [5, 5.41) is 12.3. The summed E-state index contributed by atoms with van der Waals surface area (Å²) in [7, 11) is 1.38. The molecule has 1 aromatic carbocycles. The smallest absolute Gasteiger partial charge is 0.331 e. The van der Waals surface area contributed by atoms with Gasteiger partial charge < -0.3 is 9.84 Å². The van der Waals surface area contributed by atoms with Gasteiger partial charge in [-0.2, -0.15) is 0 Å². The van der Waals surface area contributed by atoms with Crippen molar-refractivity contribution in [2.75, 3.05) is 7.11 Å². The molecule has 0 unspecified atom stereocenters. The van der Waals surface area contributed by atoms with Crippen LogP contribution in [-0.2, 0) is 9.59 Å². The number of carbonyl (C=O) groups is 3. The molecule has 1 aliphatic heterocycles. The van der Waals surface area contributed by atoms with Crippen LogP contribution in [0, 0.1) is 23.2 Å². The molecule has 1 heterocycles. The van der Waals surface area contributed by atoms with Crippen molar-refractivity contribution in [2.45, 2.75) is 51.5 Å². The van der Waals surface area contributed by atoms with E-state index in [0.29, 0.717) is 23.3 Å². The molecule has 0 aromatic heterocycles. The fraction of sp³-hybridized carbons (Fsp3) is 0.542. The van der Waals surface area contributed by atoms with Crippen LogP contribution in [0.15, 0.2) is 17.7 Å². The van der Waals surface area contributed by atoms with E-state index in [1.165, 1.54) is 49.5 Å². The second-order valence-corrected chi connectivity index (χ2v) is 10.4. The van der Waals surface area contributed by atoms with E-state index in [1.54, 1.807) is 0 Å². The molecule has 4 bridgehead atoms. The maximum Gasteiger partial charge on any atom is 0.331 e. The number of urea groups is 1. The van der Waals surface area contributed by atoms with Crippen molar-refractivity contribution in [3.05, 3.63) is 28.3 Å². The van der Waals surface area contributed by atoms with E-state index < -0.39 is 17.8 Å². The van der Waals surface area contributed by atoms with Crippen molar-refractivity contribution in [3.8, 4) is 11.5 Å². The maximum atomic E-state index is 13.5. The molecule has 1 atom stereocenters. The van der Waals surface area contributed by atoms with Gasteiger partial charge >= 0.3 is 6.03 Å². The number of ether oxygens (including phenoxy) is 1. The number of aromatic hydroxyl groups is 1. The summed E-state index contributed by atoms with van der Waals surface area (Å²) in [6.07, 6.45) is 8.29. The first kappa shape index (κ1) is 21.3. The Labute approximate surface area is 191 Å².